The van der Waals surface area contributed by atoms with Crippen molar-refractivity contribution in [2.75, 3.05) is 13.7 Å². The van der Waals surface area contributed by atoms with Gasteiger partial charge in [0, 0.05) is 19.7 Å². The molecular weight excluding hydrogens is 330 g/mol. The molecule has 8 nitrogen and oxygen atoms in total. The molecule has 25 heavy (non-hydrogen) atoms. The lowest BCUT2D eigenvalue weighted by Crippen LogP contribution is -2.62. The topological polar surface area (TPSA) is 128 Å². The monoisotopic (exact) mass is 353 g/mol. The first-order valence-electron chi connectivity index (χ1n) is 7.85. The molecule has 1 heterocycles. The number of benzene rings is 1. The maximum absolute atomic E-state index is 11.8. The summed E-state index contributed by atoms with van der Waals surface area (Å²) < 4.78 is 10.1. The molecule has 1 aliphatic heterocycles. The molecule has 0 saturated carbocycles. The van der Waals surface area contributed by atoms with Crippen LogP contribution in [-0.4, -0.2) is 76.8 Å². The largest absolute Gasteiger partial charge is 0.388 e. The standard InChI is InChI=1S/C17H23NO7/c1-24-17-15(23)13(21)14(22)16(25-17)11(19)9-18-12(20)8-7-10-5-3-2-4-6-10/h2-8,11,13-17,19,21-23H,9H2,1H3,(H,18,20)/b8-7+/t11-,13-,14-,15-,16+,17-/m0/s1. The number of hydrogen-bond acceptors (Lipinski definition) is 7. The third kappa shape index (κ3) is 5.08. The zero-order valence-corrected chi connectivity index (χ0v) is 13.7. The number of methoxy groups -OCH3 is 1. The summed E-state index contributed by atoms with van der Waals surface area (Å²) in [5, 5.41) is 42.0. The number of amides is 1. The summed E-state index contributed by atoms with van der Waals surface area (Å²) in [7, 11) is 1.26. The van der Waals surface area contributed by atoms with Crippen molar-refractivity contribution < 1.29 is 34.7 Å². The maximum Gasteiger partial charge on any atom is 0.244 e. The lowest BCUT2D eigenvalue weighted by atomic mass is 9.95. The van der Waals surface area contributed by atoms with E-state index in [1.165, 1.54) is 13.2 Å². The van der Waals surface area contributed by atoms with Crippen molar-refractivity contribution in [2.24, 2.45) is 0 Å². The summed E-state index contributed by atoms with van der Waals surface area (Å²) in [5.41, 5.74) is 0.851. The van der Waals surface area contributed by atoms with E-state index in [1.54, 1.807) is 6.08 Å². The maximum atomic E-state index is 11.8. The number of ether oxygens (including phenoxy) is 2. The van der Waals surface area contributed by atoms with Gasteiger partial charge in [0.1, 0.15) is 30.5 Å². The molecule has 5 N–H and O–H groups in total. The van der Waals surface area contributed by atoms with Crippen molar-refractivity contribution in [1.29, 1.82) is 0 Å². The molecule has 1 amide bonds. The first-order chi connectivity index (χ1) is 11.9. The molecule has 1 saturated heterocycles. The highest BCUT2D eigenvalue weighted by atomic mass is 16.7. The van der Waals surface area contributed by atoms with Gasteiger partial charge in [0.05, 0.1) is 0 Å². The Kier molecular flexibility index (Phi) is 7.06. The predicted molar refractivity (Wildman–Crippen MR) is 88.2 cm³/mol. The molecule has 6 atom stereocenters. The first kappa shape index (κ1) is 19.5. The van der Waals surface area contributed by atoms with Gasteiger partial charge in [-0.2, -0.15) is 0 Å². The van der Waals surface area contributed by atoms with E-state index in [2.05, 4.69) is 5.32 Å². The molecule has 8 heteroatoms. The lowest BCUT2D eigenvalue weighted by molar-refractivity contribution is -0.303. The normalized spacial score (nSPS) is 31.0. The fourth-order valence-electron chi connectivity index (χ4n) is 2.50. The Labute approximate surface area is 145 Å². The minimum absolute atomic E-state index is 0.209. The molecular formula is C17H23NO7. The third-order valence-corrected chi connectivity index (χ3v) is 3.93. The Balaban J connectivity index is 1.87. The van der Waals surface area contributed by atoms with Crippen molar-refractivity contribution in [3.8, 4) is 0 Å². The third-order valence-electron chi connectivity index (χ3n) is 3.93. The Bertz CT molecular complexity index is 578. The van der Waals surface area contributed by atoms with E-state index in [4.69, 9.17) is 9.47 Å². The van der Waals surface area contributed by atoms with Crippen LogP contribution in [-0.2, 0) is 14.3 Å². The average Bonchev–Trinajstić information content (AvgIpc) is 2.63. The summed E-state index contributed by atoms with van der Waals surface area (Å²) in [6.45, 7) is -0.209. The van der Waals surface area contributed by atoms with Gasteiger partial charge < -0.3 is 35.2 Å². The van der Waals surface area contributed by atoms with E-state index in [0.29, 0.717) is 0 Å². The molecule has 0 spiro atoms. The van der Waals surface area contributed by atoms with Gasteiger partial charge in [-0.05, 0) is 11.6 Å². The molecule has 1 fully saturated rings. The molecule has 0 unspecified atom stereocenters. The number of rotatable bonds is 6. The second kappa shape index (κ2) is 9.04. The first-order valence-corrected chi connectivity index (χ1v) is 7.85. The van der Waals surface area contributed by atoms with Crippen LogP contribution in [0, 0.1) is 0 Å². The van der Waals surface area contributed by atoms with Crippen LogP contribution in [0.15, 0.2) is 36.4 Å². The molecule has 0 aromatic heterocycles. The van der Waals surface area contributed by atoms with Gasteiger partial charge in [-0.1, -0.05) is 30.3 Å². The zero-order chi connectivity index (χ0) is 18.4. The lowest BCUT2D eigenvalue weighted by Gasteiger charge is -2.41. The second-order valence-corrected chi connectivity index (χ2v) is 5.73. The van der Waals surface area contributed by atoms with Crippen LogP contribution >= 0.6 is 0 Å². The number of nitrogens with one attached hydrogen (secondary N) is 1. The summed E-state index contributed by atoms with van der Waals surface area (Å²) in [5.74, 6) is -0.433. The van der Waals surface area contributed by atoms with Crippen molar-refractivity contribution in [3.05, 3.63) is 42.0 Å². The van der Waals surface area contributed by atoms with Crippen LogP contribution in [0.2, 0.25) is 0 Å². The molecule has 0 aliphatic carbocycles. The summed E-state index contributed by atoms with van der Waals surface area (Å²) in [4.78, 5) is 11.8. The second-order valence-electron chi connectivity index (χ2n) is 5.73. The van der Waals surface area contributed by atoms with Crippen LogP contribution in [0.1, 0.15) is 5.56 Å². The van der Waals surface area contributed by atoms with Gasteiger partial charge in [0.15, 0.2) is 6.29 Å². The number of hydrogen-bond donors (Lipinski definition) is 5. The van der Waals surface area contributed by atoms with E-state index in [0.717, 1.165) is 5.56 Å². The fraction of sp³-hybridized carbons (Fsp3) is 0.471. The highest BCUT2D eigenvalue weighted by Crippen LogP contribution is 2.23. The Morgan fingerprint density at radius 1 is 1.24 bits per heavy atom. The average molecular weight is 353 g/mol. The number of aliphatic hydroxyl groups is 4. The van der Waals surface area contributed by atoms with E-state index < -0.39 is 42.7 Å². The van der Waals surface area contributed by atoms with Crippen LogP contribution in [0.25, 0.3) is 6.08 Å². The zero-order valence-electron chi connectivity index (χ0n) is 13.7. The predicted octanol–water partition coefficient (Wildman–Crippen LogP) is -1.37. The van der Waals surface area contributed by atoms with E-state index in [-0.39, 0.29) is 6.54 Å². The molecule has 0 bridgehead atoms. The minimum Gasteiger partial charge on any atom is -0.388 e. The van der Waals surface area contributed by atoms with Gasteiger partial charge in [-0.15, -0.1) is 0 Å². The van der Waals surface area contributed by atoms with E-state index >= 15 is 0 Å². The SMILES string of the molecule is CO[C@H]1O[C@H]([C@@H](O)CNC(=O)/C=C/c2ccccc2)[C@@H](O)[C@H](O)[C@@H]1O. The van der Waals surface area contributed by atoms with Crippen LogP contribution in [0.4, 0.5) is 0 Å². The molecule has 0 radical (unpaired) electrons. The van der Waals surface area contributed by atoms with Gasteiger partial charge in [-0.25, -0.2) is 0 Å². The molecule has 1 aliphatic rings. The van der Waals surface area contributed by atoms with Crippen molar-refractivity contribution >= 4 is 12.0 Å². The Morgan fingerprint density at radius 3 is 2.56 bits per heavy atom. The van der Waals surface area contributed by atoms with Gasteiger partial charge >= 0.3 is 0 Å². The van der Waals surface area contributed by atoms with Crippen LogP contribution in [0.3, 0.4) is 0 Å². The minimum atomic E-state index is -1.54. The quantitative estimate of drug-likeness (QED) is 0.399. The summed E-state index contributed by atoms with van der Waals surface area (Å²) in [6.07, 6.45) is -5.27. The molecule has 2 rings (SSSR count). The molecule has 138 valence electrons. The van der Waals surface area contributed by atoms with E-state index in [1.807, 2.05) is 30.3 Å². The van der Waals surface area contributed by atoms with Gasteiger partial charge in [0.2, 0.25) is 5.91 Å². The smallest absolute Gasteiger partial charge is 0.244 e. The van der Waals surface area contributed by atoms with Crippen molar-refractivity contribution in [3.63, 3.8) is 0 Å². The van der Waals surface area contributed by atoms with Crippen molar-refractivity contribution in [1.82, 2.24) is 5.32 Å². The highest BCUT2D eigenvalue weighted by molar-refractivity contribution is 5.91. The highest BCUT2D eigenvalue weighted by Gasteiger charge is 2.46. The number of carbonyl (C=O) groups is 1. The Hall–Kier alpha value is -1.81. The van der Waals surface area contributed by atoms with Crippen LogP contribution < -0.4 is 5.32 Å². The fourth-order valence-corrected chi connectivity index (χ4v) is 2.50. The molecule has 1 aromatic carbocycles. The summed E-state index contributed by atoms with van der Waals surface area (Å²) in [6, 6.07) is 9.22. The van der Waals surface area contributed by atoms with E-state index in [9.17, 15) is 25.2 Å². The molecule has 1 aromatic rings. The number of carbonyl (C=O) groups excluding carboxylic acids is 1. The van der Waals surface area contributed by atoms with Crippen molar-refractivity contribution in [2.45, 2.75) is 36.8 Å². The van der Waals surface area contributed by atoms with Gasteiger partial charge in [-0.3, -0.25) is 4.79 Å². The van der Waals surface area contributed by atoms with Gasteiger partial charge in [0.25, 0.3) is 0 Å². The number of aliphatic hydroxyl groups excluding tert-OH is 4. The Morgan fingerprint density at radius 2 is 1.92 bits per heavy atom. The van der Waals surface area contributed by atoms with Crippen LogP contribution in [0.5, 0.6) is 0 Å². The summed E-state index contributed by atoms with van der Waals surface area (Å²) >= 11 is 0.